The summed E-state index contributed by atoms with van der Waals surface area (Å²) in [6.07, 6.45) is 5.17. The summed E-state index contributed by atoms with van der Waals surface area (Å²) in [5.74, 6) is 0. The van der Waals surface area contributed by atoms with Gasteiger partial charge in [0, 0.05) is 34.9 Å². The first-order chi connectivity index (χ1) is 6.83. The molecule has 0 radical (unpaired) electrons. The van der Waals surface area contributed by atoms with Crippen LogP contribution in [-0.4, -0.2) is 30.2 Å². The smallest absolute Gasteiger partial charge is 0.0566 e. The molecule has 0 amide bonds. The number of hydrogen-bond donors (Lipinski definition) is 1. The van der Waals surface area contributed by atoms with Crippen molar-refractivity contribution < 1.29 is 0 Å². The molecular formula is C10H12IN3. The fraction of sp³-hybridized carbons (Fsp3) is 0.500. The average Bonchev–Trinajstić information content (AvgIpc) is 2.78. The molecule has 1 aromatic rings. The van der Waals surface area contributed by atoms with Crippen molar-refractivity contribution in [3.05, 3.63) is 22.0 Å². The van der Waals surface area contributed by atoms with Crippen LogP contribution < -0.4 is 10.2 Å². The van der Waals surface area contributed by atoms with Crippen molar-refractivity contribution in [2.45, 2.75) is 18.5 Å². The normalized spacial score (nSPS) is 29.9. The van der Waals surface area contributed by atoms with Gasteiger partial charge in [0.15, 0.2) is 0 Å². The van der Waals surface area contributed by atoms with Gasteiger partial charge in [-0.05, 0) is 35.1 Å². The van der Waals surface area contributed by atoms with Gasteiger partial charge in [-0.3, -0.25) is 4.98 Å². The Morgan fingerprint density at radius 1 is 1.50 bits per heavy atom. The minimum atomic E-state index is 0.694. The maximum atomic E-state index is 4.24. The highest BCUT2D eigenvalue weighted by atomic mass is 127. The Morgan fingerprint density at radius 2 is 2.43 bits per heavy atom. The highest BCUT2D eigenvalue weighted by molar-refractivity contribution is 14.1. The van der Waals surface area contributed by atoms with Crippen molar-refractivity contribution in [1.82, 2.24) is 10.3 Å². The molecule has 3 rings (SSSR count). The number of hydrogen-bond acceptors (Lipinski definition) is 3. The lowest BCUT2D eigenvalue weighted by atomic mass is 10.2. The van der Waals surface area contributed by atoms with E-state index in [-0.39, 0.29) is 0 Å². The molecule has 1 N–H and O–H groups in total. The molecule has 0 aromatic carbocycles. The van der Waals surface area contributed by atoms with Crippen molar-refractivity contribution >= 4 is 28.3 Å². The van der Waals surface area contributed by atoms with Crippen LogP contribution in [0, 0.1) is 3.57 Å². The van der Waals surface area contributed by atoms with Crippen LogP contribution >= 0.6 is 22.6 Å². The van der Waals surface area contributed by atoms with Crippen LogP contribution in [0.25, 0.3) is 0 Å². The number of pyridine rings is 1. The zero-order chi connectivity index (χ0) is 9.54. The predicted molar refractivity (Wildman–Crippen MR) is 64.5 cm³/mol. The number of piperazine rings is 1. The van der Waals surface area contributed by atoms with Crippen molar-refractivity contribution in [2.75, 3.05) is 18.0 Å². The summed E-state index contributed by atoms with van der Waals surface area (Å²) >= 11 is 2.32. The molecule has 0 aliphatic carbocycles. The molecular weight excluding hydrogens is 289 g/mol. The van der Waals surface area contributed by atoms with E-state index in [9.17, 15) is 0 Å². The lowest BCUT2D eigenvalue weighted by molar-refractivity contribution is 0.579. The third kappa shape index (κ3) is 1.40. The van der Waals surface area contributed by atoms with E-state index in [0.29, 0.717) is 12.1 Å². The van der Waals surface area contributed by atoms with E-state index >= 15 is 0 Å². The van der Waals surface area contributed by atoms with E-state index in [1.54, 1.807) is 0 Å². The maximum absolute atomic E-state index is 4.24. The predicted octanol–water partition coefficient (Wildman–Crippen LogP) is 1.24. The van der Waals surface area contributed by atoms with Gasteiger partial charge in [-0.25, -0.2) is 0 Å². The average molecular weight is 301 g/mol. The molecule has 74 valence electrons. The van der Waals surface area contributed by atoms with E-state index in [0.717, 1.165) is 13.1 Å². The topological polar surface area (TPSA) is 28.2 Å². The summed E-state index contributed by atoms with van der Waals surface area (Å²) in [4.78, 5) is 6.73. The van der Waals surface area contributed by atoms with Crippen LogP contribution in [0.5, 0.6) is 0 Å². The molecule has 0 unspecified atom stereocenters. The Bertz CT molecular complexity index is 355. The number of anilines is 1. The standard InChI is InChI=1S/C10H12IN3/c11-7-1-9(4-12-3-7)14-6-8-2-10(14)5-13-8/h1,3-4,8,10,13H,2,5-6H2/t8-,10-/m1/s1. The molecule has 3 nitrogen and oxygen atoms in total. The third-order valence-electron chi connectivity index (χ3n) is 3.08. The Balaban J connectivity index is 1.89. The summed E-state index contributed by atoms with van der Waals surface area (Å²) in [7, 11) is 0. The molecule has 2 bridgehead atoms. The van der Waals surface area contributed by atoms with Gasteiger partial charge >= 0.3 is 0 Å². The Hall–Kier alpha value is -0.360. The summed E-state index contributed by atoms with van der Waals surface area (Å²) < 4.78 is 1.22. The van der Waals surface area contributed by atoms with Crippen LogP contribution in [0.1, 0.15) is 6.42 Å². The van der Waals surface area contributed by atoms with Gasteiger partial charge in [0.25, 0.3) is 0 Å². The zero-order valence-electron chi connectivity index (χ0n) is 7.78. The first kappa shape index (κ1) is 8.91. The van der Waals surface area contributed by atoms with Crippen molar-refractivity contribution in [2.24, 2.45) is 0 Å². The fourth-order valence-electron chi connectivity index (χ4n) is 2.43. The molecule has 2 atom stereocenters. The summed E-state index contributed by atoms with van der Waals surface area (Å²) in [5, 5.41) is 3.51. The van der Waals surface area contributed by atoms with Gasteiger partial charge < -0.3 is 10.2 Å². The summed E-state index contributed by atoms with van der Waals surface area (Å²) in [5.41, 5.74) is 1.28. The Kier molecular flexibility index (Phi) is 2.13. The van der Waals surface area contributed by atoms with Crippen molar-refractivity contribution in [1.29, 1.82) is 0 Å². The van der Waals surface area contributed by atoms with E-state index in [1.165, 1.54) is 15.7 Å². The van der Waals surface area contributed by atoms with Gasteiger partial charge in [0.2, 0.25) is 0 Å². The minimum Gasteiger partial charge on any atom is -0.364 e. The van der Waals surface area contributed by atoms with Crippen LogP contribution in [0.15, 0.2) is 18.5 Å². The maximum Gasteiger partial charge on any atom is 0.0566 e. The summed E-state index contributed by atoms with van der Waals surface area (Å²) in [6.45, 7) is 2.28. The van der Waals surface area contributed by atoms with Crippen LogP contribution in [0.4, 0.5) is 5.69 Å². The fourth-order valence-corrected chi connectivity index (χ4v) is 2.91. The van der Waals surface area contributed by atoms with Gasteiger partial charge in [-0.15, -0.1) is 0 Å². The summed E-state index contributed by atoms with van der Waals surface area (Å²) in [6, 6.07) is 3.62. The van der Waals surface area contributed by atoms with E-state index in [2.05, 4.69) is 43.9 Å². The molecule has 2 aliphatic heterocycles. The number of nitrogens with one attached hydrogen (secondary N) is 1. The largest absolute Gasteiger partial charge is 0.364 e. The highest BCUT2D eigenvalue weighted by Crippen LogP contribution is 2.29. The molecule has 2 fully saturated rings. The SMILES string of the molecule is Ic1cncc(N2C[C@H]3C[C@@H]2CN3)c1. The first-order valence-corrected chi connectivity index (χ1v) is 6.01. The molecule has 0 saturated carbocycles. The number of nitrogens with zero attached hydrogens (tertiary/aromatic N) is 2. The molecule has 2 saturated heterocycles. The monoisotopic (exact) mass is 301 g/mol. The van der Waals surface area contributed by atoms with Gasteiger partial charge in [0.05, 0.1) is 11.9 Å². The van der Waals surface area contributed by atoms with E-state index in [4.69, 9.17) is 0 Å². The van der Waals surface area contributed by atoms with Crippen molar-refractivity contribution in [3.8, 4) is 0 Å². The van der Waals surface area contributed by atoms with Crippen LogP contribution in [0.3, 0.4) is 0 Å². The second kappa shape index (κ2) is 3.34. The molecule has 2 aliphatic rings. The number of rotatable bonds is 1. The van der Waals surface area contributed by atoms with Crippen LogP contribution in [0.2, 0.25) is 0 Å². The molecule has 1 aromatic heterocycles. The number of halogens is 1. The van der Waals surface area contributed by atoms with E-state index in [1.807, 2.05) is 12.4 Å². The lowest BCUT2D eigenvalue weighted by Gasteiger charge is -2.29. The van der Waals surface area contributed by atoms with Crippen LogP contribution in [-0.2, 0) is 0 Å². The molecule has 4 heteroatoms. The number of aromatic nitrogens is 1. The van der Waals surface area contributed by atoms with E-state index < -0.39 is 0 Å². The van der Waals surface area contributed by atoms with Gasteiger partial charge in [-0.1, -0.05) is 0 Å². The van der Waals surface area contributed by atoms with Crippen molar-refractivity contribution in [3.63, 3.8) is 0 Å². The second-order valence-electron chi connectivity index (χ2n) is 4.01. The van der Waals surface area contributed by atoms with Gasteiger partial charge in [-0.2, -0.15) is 0 Å². The second-order valence-corrected chi connectivity index (χ2v) is 5.25. The first-order valence-electron chi connectivity index (χ1n) is 4.93. The molecule has 3 heterocycles. The zero-order valence-corrected chi connectivity index (χ0v) is 9.94. The van der Waals surface area contributed by atoms with Gasteiger partial charge in [0.1, 0.15) is 0 Å². The molecule has 14 heavy (non-hydrogen) atoms. The highest BCUT2D eigenvalue weighted by Gasteiger charge is 2.37. The third-order valence-corrected chi connectivity index (χ3v) is 3.67. The number of fused-ring (bicyclic) bond motifs is 2. The minimum absolute atomic E-state index is 0.694. The Morgan fingerprint density at radius 3 is 3.07 bits per heavy atom. The molecule has 0 spiro atoms. The Labute approximate surface area is 97.0 Å². The lowest BCUT2D eigenvalue weighted by Crippen LogP contribution is -2.43. The quantitative estimate of drug-likeness (QED) is 0.791.